The highest BCUT2D eigenvalue weighted by molar-refractivity contribution is 5.97. The molecule has 3 rings (SSSR count). The number of carbonyl (C=O) groups is 1. The molecular formula is C17H20F4N2O2. The number of hydrogen-bond donors (Lipinski definition) is 0. The minimum absolute atomic E-state index is 0.125. The van der Waals surface area contributed by atoms with Crippen molar-refractivity contribution in [2.45, 2.75) is 37.8 Å². The maximum atomic E-state index is 13.2. The molecule has 2 heterocycles. The number of alkyl halides is 4. The number of halogens is 4. The number of likely N-dealkylation sites (tertiary alicyclic amines) is 2. The van der Waals surface area contributed by atoms with E-state index in [2.05, 4.69) is 9.64 Å². The highest BCUT2D eigenvalue weighted by atomic mass is 19.3. The molecule has 1 amide bonds. The minimum atomic E-state index is -4.64. The Bertz CT molecular complexity index is 614. The normalized spacial score (nSPS) is 19.8. The first kappa shape index (κ1) is 18.0. The fourth-order valence-electron chi connectivity index (χ4n) is 3.23. The molecule has 4 nitrogen and oxygen atoms in total. The fourth-order valence-corrected chi connectivity index (χ4v) is 3.23. The first-order valence-corrected chi connectivity index (χ1v) is 8.36. The van der Waals surface area contributed by atoms with E-state index < -0.39 is 24.2 Å². The maximum absolute atomic E-state index is 13.2. The van der Waals surface area contributed by atoms with Crippen LogP contribution in [0.5, 0.6) is 5.75 Å². The van der Waals surface area contributed by atoms with Crippen LogP contribution in [0.3, 0.4) is 0 Å². The summed E-state index contributed by atoms with van der Waals surface area (Å²) in [5.41, 5.74) is -0.125. The van der Waals surface area contributed by atoms with Crippen LogP contribution in [0.4, 0.5) is 17.6 Å². The summed E-state index contributed by atoms with van der Waals surface area (Å²) >= 11 is 0. The van der Waals surface area contributed by atoms with Crippen molar-refractivity contribution in [2.75, 3.05) is 26.2 Å². The van der Waals surface area contributed by atoms with Gasteiger partial charge in [-0.05, 0) is 38.1 Å². The van der Waals surface area contributed by atoms with Gasteiger partial charge < -0.3 is 9.64 Å². The van der Waals surface area contributed by atoms with Gasteiger partial charge in [0.25, 0.3) is 5.91 Å². The third kappa shape index (κ3) is 3.89. The lowest BCUT2D eigenvalue weighted by Crippen LogP contribution is -2.61. The first-order chi connectivity index (χ1) is 11.9. The molecule has 1 aromatic rings. The van der Waals surface area contributed by atoms with Crippen molar-refractivity contribution >= 4 is 5.91 Å². The number of nitrogens with zero attached hydrogens (tertiary/aromatic N) is 2. The molecular weight excluding hydrogens is 340 g/mol. The summed E-state index contributed by atoms with van der Waals surface area (Å²) < 4.78 is 55.2. The molecule has 0 bridgehead atoms. The molecule has 0 spiro atoms. The zero-order valence-corrected chi connectivity index (χ0v) is 13.6. The number of carbonyl (C=O) groups excluding carboxylic acids is 1. The predicted molar refractivity (Wildman–Crippen MR) is 83.1 cm³/mol. The van der Waals surface area contributed by atoms with Crippen LogP contribution in [0.15, 0.2) is 24.3 Å². The van der Waals surface area contributed by atoms with E-state index in [1.165, 1.54) is 29.5 Å². The summed E-state index contributed by atoms with van der Waals surface area (Å²) in [6, 6.07) is 5.54. The smallest absolute Gasteiger partial charge is 0.427 e. The lowest BCUT2D eigenvalue weighted by Gasteiger charge is -2.46. The molecule has 25 heavy (non-hydrogen) atoms. The Kier molecular flexibility index (Phi) is 5.17. The van der Waals surface area contributed by atoms with Crippen LogP contribution in [-0.4, -0.2) is 60.5 Å². The lowest BCUT2D eigenvalue weighted by atomic mass is 10.0. The Morgan fingerprint density at radius 1 is 1.12 bits per heavy atom. The van der Waals surface area contributed by atoms with Crippen LogP contribution in [0.1, 0.15) is 29.6 Å². The molecule has 0 radical (unpaired) electrons. The van der Waals surface area contributed by atoms with Crippen molar-refractivity contribution in [1.29, 1.82) is 0 Å². The summed E-state index contributed by atoms with van der Waals surface area (Å²) in [7, 11) is 0. The van der Waals surface area contributed by atoms with Gasteiger partial charge in [-0.25, -0.2) is 0 Å². The van der Waals surface area contributed by atoms with E-state index in [1.807, 2.05) is 0 Å². The topological polar surface area (TPSA) is 32.8 Å². The van der Waals surface area contributed by atoms with E-state index in [4.69, 9.17) is 0 Å². The Morgan fingerprint density at radius 2 is 1.76 bits per heavy atom. The molecule has 138 valence electrons. The van der Waals surface area contributed by atoms with Gasteiger partial charge in [0.15, 0.2) is 0 Å². The Balaban J connectivity index is 1.65. The van der Waals surface area contributed by atoms with E-state index >= 15 is 0 Å². The highest BCUT2D eigenvalue weighted by Crippen LogP contribution is 2.31. The Hall–Kier alpha value is -1.83. The minimum Gasteiger partial charge on any atom is -0.427 e. The molecule has 0 N–H and O–H groups in total. The number of piperidine rings is 1. The number of hydrogen-bond acceptors (Lipinski definition) is 3. The monoisotopic (exact) mass is 360 g/mol. The van der Waals surface area contributed by atoms with E-state index in [-0.39, 0.29) is 11.6 Å². The molecule has 0 unspecified atom stereocenters. The van der Waals surface area contributed by atoms with Crippen LogP contribution in [0.25, 0.3) is 0 Å². The van der Waals surface area contributed by atoms with Crippen LogP contribution in [-0.2, 0) is 0 Å². The largest absolute Gasteiger partial charge is 0.461 e. The van der Waals surface area contributed by atoms with Crippen molar-refractivity contribution in [3.8, 4) is 5.75 Å². The summed E-state index contributed by atoms with van der Waals surface area (Å²) in [6.45, 7) is 3.04. The third-order valence-corrected chi connectivity index (χ3v) is 4.67. The summed E-state index contributed by atoms with van der Waals surface area (Å²) in [6.07, 6.45) is -5.10. The molecule has 2 aliphatic heterocycles. The average Bonchev–Trinajstić information content (AvgIpc) is 2.54. The quantitative estimate of drug-likeness (QED) is 0.756. The number of rotatable bonds is 5. The zero-order valence-electron chi connectivity index (χ0n) is 13.6. The van der Waals surface area contributed by atoms with Crippen LogP contribution < -0.4 is 4.74 Å². The Labute approximate surface area is 143 Å². The van der Waals surface area contributed by atoms with Crippen LogP contribution in [0, 0.1) is 0 Å². The molecule has 2 saturated heterocycles. The first-order valence-electron chi connectivity index (χ1n) is 8.36. The van der Waals surface area contributed by atoms with Crippen LogP contribution in [0.2, 0.25) is 0 Å². The number of ether oxygens (including phenoxy) is 1. The highest BCUT2D eigenvalue weighted by Gasteiger charge is 2.45. The SMILES string of the molecule is O=C(c1ccccc1OC(F)(F)C(F)F)N1CC(N2CCCCC2)C1. The second kappa shape index (κ2) is 7.19. The maximum Gasteiger partial charge on any atom is 0.461 e. The van der Waals surface area contributed by atoms with Gasteiger partial charge in [-0.1, -0.05) is 18.6 Å². The molecule has 0 aromatic heterocycles. The average molecular weight is 360 g/mol. The molecule has 2 fully saturated rings. The summed E-state index contributed by atoms with van der Waals surface area (Å²) in [4.78, 5) is 16.4. The number of benzene rings is 1. The summed E-state index contributed by atoms with van der Waals surface area (Å²) in [5, 5.41) is 0. The van der Waals surface area contributed by atoms with E-state index in [9.17, 15) is 22.4 Å². The van der Waals surface area contributed by atoms with Crippen molar-refractivity contribution in [3.05, 3.63) is 29.8 Å². The second-order valence-corrected chi connectivity index (χ2v) is 6.42. The van der Waals surface area contributed by atoms with E-state index in [0.29, 0.717) is 13.1 Å². The van der Waals surface area contributed by atoms with Crippen molar-refractivity contribution < 1.29 is 27.1 Å². The number of amides is 1. The summed E-state index contributed by atoms with van der Waals surface area (Å²) in [5.74, 6) is -1.01. The second-order valence-electron chi connectivity index (χ2n) is 6.42. The standard InChI is InChI=1S/C17H20F4N2O2/c18-16(19)17(20,21)25-14-7-3-2-6-13(14)15(24)23-10-12(11-23)22-8-4-1-5-9-22/h2-3,6-7,12,16H,1,4-5,8-11H2. The van der Waals surface area contributed by atoms with E-state index in [1.54, 1.807) is 0 Å². The van der Waals surface area contributed by atoms with Gasteiger partial charge in [0.05, 0.1) is 5.56 Å². The molecule has 1 aromatic carbocycles. The predicted octanol–water partition coefficient (Wildman–Crippen LogP) is 3.23. The molecule has 0 aliphatic carbocycles. The van der Waals surface area contributed by atoms with Crippen molar-refractivity contribution in [1.82, 2.24) is 9.80 Å². The van der Waals surface area contributed by atoms with Gasteiger partial charge >= 0.3 is 12.5 Å². The lowest BCUT2D eigenvalue weighted by molar-refractivity contribution is -0.253. The van der Waals surface area contributed by atoms with Gasteiger partial charge in [0.1, 0.15) is 5.75 Å². The molecule has 8 heteroatoms. The third-order valence-electron chi connectivity index (χ3n) is 4.67. The van der Waals surface area contributed by atoms with Crippen LogP contribution >= 0.6 is 0 Å². The van der Waals surface area contributed by atoms with Gasteiger partial charge in [-0.2, -0.15) is 17.6 Å². The van der Waals surface area contributed by atoms with Crippen molar-refractivity contribution in [2.24, 2.45) is 0 Å². The van der Waals surface area contributed by atoms with Gasteiger partial charge in [-0.15, -0.1) is 0 Å². The molecule has 2 aliphatic rings. The number of para-hydroxylation sites is 1. The van der Waals surface area contributed by atoms with Crippen molar-refractivity contribution in [3.63, 3.8) is 0 Å². The Morgan fingerprint density at radius 3 is 2.40 bits per heavy atom. The van der Waals surface area contributed by atoms with Gasteiger partial charge in [0, 0.05) is 19.1 Å². The molecule has 0 atom stereocenters. The van der Waals surface area contributed by atoms with Gasteiger partial charge in [0.2, 0.25) is 0 Å². The molecule has 0 saturated carbocycles. The zero-order chi connectivity index (χ0) is 18.0. The fraction of sp³-hybridized carbons (Fsp3) is 0.588. The van der Waals surface area contributed by atoms with E-state index in [0.717, 1.165) is 32.0 Å². The van der Waals surface area contributed by atoms with Gasteiger partial charge in [-0.3, -0.25) is 9.69 Å².